The molecule has 2 rings (SSSR count). The van der Waals surface area contributed by atoms with Gasteiger partial charge in [0.25, 0.3) is 0 Å². The van der Waals surface area contributed by atoms with Crippen LogP contribution < -0.4 is 5.32 Å². The van der Waals surface area contributed by atoms with Crippen molar-refractivity contribution >= 4 is 23.2 Å². The maximum Gasteiger partial charge on any atom is 0.126 e. The highest BCUT2D eigenvalue weighted by Gasteiger charge is 2.17. The Morgan fingerprint density at radius 3 is 2.57 bits per heavy atom. The summed E-state index contributed by atoms with van der Waals surface area (Å²) >= 11 is 12.4. The molecule has 112 valence electrons. The zero-order valence-electron chi connectivity index (χ0n) is 11.9. The van der Waals surface area contributed by atoms with Gasteiger partial charge in [-0.15, -0.1) is 0 Å². The Labute approximate surface area is 135 Å². The second-order valence-corrected chi connectivity index (χ2v) is 5.73. The van der Waals surface area contributed by atoms with Gasteiger partial charge < -0.3 is 5.32 Å². The molecule has 0 aromatic heterocycles. The van der Waals surface area contributed by atoms with E-state index in [0.717, 1.165) is 18.5 Å². The average Bonchev–Trinajstić information content (AvgIpc) is 2.48. The maximum absolute atomic E-state index is 13.9. The molecular weight excluding hydrogens is 308 g/mol. The Hall–Kier alpha value is -1.09. The fraction of sp³-hybridized carbons (Fsp3) is 0.294. The molecule has 1 N–H and O–H groups in total. The van der Waals surface area contributed by atoms with Crippen molar-refractivity contribution in [1.82, 2.24) is 5.32 Å². The van der Waals surface area contributed by atoms with Gasteiger partial charge in [-0.05, 0) is 42.6 Å². The van der Waals surface area contributed by atoms with Crippen molar-refractivity contribution in [2.24, 2.45) is 0 Å². The van der Waals surface area contributed by atoms with Gasteiger partial charge in [0.15, 0.2) is 0 Å². The molecule has 1 atom stereocenters. The molecule has 0 saturated carbocycles. The highest BCUT2D eigenvalue weighted by atomic mass is 35.5. The summed E-state index contributed by atoms with van der Waals surface area (Å²) in [5, 5.41) is 4.47. The lowest BCUT2D eigenvalue weighted by atomic mass is 9.98. The first-order valence-electron chi connectivity index (χ1n) is 7.04. The fourth-order valence-electron chi connectivity index (χ4n) is 2.28. The number of rotatable bonds is 6. The Morgan fingerprint density at radius 2 is 1.86 bits per heavy atom. The minimum Gasteiger partial charge on any atom is -0.310 e. The van der Waals surface area contributed by atoms with Crippen LogP contribution in [0.3, 0.4) is 0 Å². The van der Waals surface area contributed by atoms with Gasteiger partial charge in [-0.25, -0.2) is 4.39 Å². The lowest BCUT2D eigenvalue weighted by molar-refractivity contribution is 0.513. The Bertz CT molecular complexity index is 601. The summed E-state index contributed by atoms with van der Waals surface area (Å²) in [6, 6.07) is 12.3. The predicted molar refractivity (Wildman–Crippen MR) is 87.6 cm³/mol. The summed E-state index contributed by atoms with van der Waals surface area (Å²) in [5.41, 5.74) is 1.57. The third-order valence-corrected chi connectivity index (χ3v) is 4.21. The molecular formula is C17H18Cl2FN. The van der Waals surface area contributed by atoms with Crippen LogP contribution in [0, 0.1) is 5.82 Å². The highest BCUT2D eigenvalue weighted by Crippen LogP contribution is 2.31. The lowest BCUT2D eigenvalue weighted by Crippen LogP contribution is -2.24. The van der Waals surface area contributed by atoms with E-state index in [1.54, 1.807) is 18.2 Å². The predicted octanol–water partition coefficient (Wildman–Crippen LogP) is 5.42. The van der Waals surface area contributed by atoms with Gasteiger partial charge in [-0.3, -0.25) is 0 Å². The van der Waals surface area contributed by atoms with Gasteiger partial charge in [0.05, 0.1) is 10.0 Å². The van der Waals surface area contributed by atoms with Gasteiger partial charge in [0, 0.05) is 6.04 Å². The normalized spacial score (nSPS) is 12.4. The van der Waals surface area contributed by atoms with Crippen molar-refractivity contribution in [3.8, 4) is 0 Å². The summed E-state index contributed by atoms with van der Waals surface area (Å²) in [7, 11) is 0. The van der Waals surface area contributed by atoms with E-state index in [1.165, 1.54) is 6.07 Å². The van der Waals surface area contributed by atoms with Crippen LogP contribution in [0.5, 0.6) is 0 Å². The summed E-state index contributed by atoms with van der Waals surface area (Å²) in [6.45, 7) is 2.93. The third-order valence-electron chi connectivity index (χ3n) is 3.38. The molecule has 1 nitrogen and oxygen atoms in total. The van der Waals surface area contributed by atoms with E-state index in [1.807, 2.05) is 18.2 Å². The van der Waals surface area contributed by atoms with Crippen LogP contribution >= 0.6 is 23.2 Å². The molecule has 0 heterocycles. The number of benzene rings is 2. The van der Waals surface area contributed by atoms with Crippen LogP contribution in [0.1, 0.15) is 30.5 Å². The van der Waals surface area contributed by atoms with Crippen LogP contribution in [0.15, 0.2) is 42.5 Å². The largest absolute Gasteiger partial charge is 0.310 e. The first kappa shape index (κ1) is 16.3. The van der Waals surface area contributed by atoms with Crippen LogP contribution in [0.2, 0.25) is 10.0 Å². The van der Waals surface area contributed by atoms with Crippen LogP contribution in [-0.2, 0) is 6.42 Å². The van der Waals surface area contributed by atoms with Crippen molar-refractivity contribution in [3.63, 3.8) is 0 Å². The topological polar surface area (TPSA) is 12.0 Å². The van der Waals surface area contributed by atoms with E-state index in [4.69, 9.17) is 23.2 Å². The Kier molecular flexibility index (Phi) is 6.04. The van der Waals surface area contributed by atoms with Crippen LogP contribution in [0.25, 0.3) is 0 Å². The molecule has 21 heavy (non-hydrogen) atoms. The molecule has 0 bridgehead atoms. The van der Waals surface area contributed by atoms with Crippen molar-refractivity contribution in [1.29, 1.82) is 0 Å². The minimum absolute atomic E-state index is 0.0620. The SMILES string of the molecule is CCCNC(Cc1ccccc1F)c1cccc(Cl)c1Cl. The zero-order chi connectivity index (χ0) is 15.2. The van der Waals surface area contributed by atoms with Gasteiger partial charge >= 0.3 is 0 Å². The Balaban J connectivity index is 2.30. The molecule has 0 fully saturated rings. The quantitative estimate of drug-likeness (QED) is 0.748. The van der Waals surface area contributed by atoms with Crippen LogP contribution in [-0.4, -0.2) is 6.54 Å². The summed E-state index contributed by atoms with van der Waals surface area (Å²) in [6.07, 6.45) is 1.53. The smallest absolute Gasteiger partial charge is 0.126 e. The van der Waals surface area contributed by atoms with E-state index in [9.17, 15) is 4.39 Å². The molecule has 0 aliphatic heterocycles. The second-order valence-electron chi connectivity index (χ2n) is 4.95. The lowest BCUT2D eigenvalue weighted by Gasteiger charge is -2.21. The molecule has 0 spiro atoms. The van der Waals surface area contributed by atoms with E-state index in [2.05, 4.69) is 12.2 Å². The van der Waals surface area contributed by atoms with E-state index < -0.39 is 0 Å². The molecule has 2 aromatic rings. The molecule has 2 aromatic carbocycles. The Morgan fingerprint density at radius 1 is 1.10 bits per heavy atom. The van der Waals surface area contributed by atoms with Crippen molar-refractivity contribution in [2.45, 2.75) is 25.8 Å². The summed E-state index contributed by atoms with van der Waals surface area (Å²) in [5.74, 6) is -0.195. The first-order chi connectivity index (χ1) is 10.1. The highest BCUT2D eigenvalue weighted by molar-refractivity contribution is 6.42. The first-order valence-corrected chi connectivity index (χ1v) is 7.79. The van der Waals surface area contributed by atoms with Crippen LogP contribution in [0.4, 0.5) is 4.39 Å². The number of hydrogen-bond donors (Lipinski definition) is 1. The van der Waals surface area contributed by atoms with Crippen molar-refractivity contribution < 1.29 is 4.39 Å². The van der Waals surface area contributed by atoms with Gasteiger partial charge in [-0.2, -0.15) is 0 Å². The second kappa shape index (κ2) is 7.79. The van der Waals surface area contributed by atoms with Gasteiger partial charge in [-0.1, -0.05) is 60.5 Å². The molecule has 4 heteroatoms. The molecule has 1 unspecified atom stereocenters. The van der Waals surface area contributed by atoms with Crippen molar-refractivity contribution in [2.75, 3.05) is 6.54 Å². The fourth-order valence-corrected chi connectivity index (χ4v) is 2.72. The van der Waals surface area contributed by atoms with Crippen molar-refractivity contribution in [3.05, 3.63) is 69.5 Å². The van der Waals surface area contributed by atoms with E-state index in [0.29, 0.717) is 22.0 Å². The third kappa shape index (κ3) is 4.19. The molecule has 0 radical (unpaired) electrons. The maximum atomic E-state index is 13.9. The van der Waals surface area contributed by atoms with E-state index >= 15 is 0 Å². The number of nitrogens with one attached hydrogen (secondary N) is 1. The van der Waals surface area contributed by atoms with E-state index in [-0.39, 0.29) is 11.9 Å². The number of halogens is 3. The standard InChI is InChI=1S/C17H18Cl2FN/c1-2-10-21-16(11-12-6-3-4-9-15(12)20)13-7-5-8-14(18)17(13)19/h3-9,16,21H,2,10-11H2,1H3. The molecule has 0 aliphatic rings. The zero-order valence-corrected chi connectivity index (χ0v) is 13.4. The minimum atomic E-state index is -0.195. The van der Waals surface area contributed by atoms with Gasteiger partial charge in [0.1, 0.15) is 5.82 Å². The number of hydrogen-bond acceptors (Lipinski definition) is 1. The molecule has 0 aliphatic carbocycles. The monoisotopic (exact) mass is 325 g/mol. The molecule has 0 saturated heterocycles. The molecule has 0 amide bonds. The summed E-state index contributed by atoms with van der Waals surface area (Å²) < 4.78 is 13.9. The average molecular weight is 326 g/mol. The van der Waals surface area contributed by atoms with Gasteiger partial charge in [0.2, 0.25) is 0 Å². The summed E-state index contributed by atoms with van der Waals surface area (Å²) in [4.78, 5) is 0.